The van der Waals surface area contributed by atoms with Crippen molar-refractivity contribution in [2.45, 2.75) is 39.2 Å². The second-order valence-electron chi connectivity index (χ2n) is 6.78. The van der Waals surface area contributed by atoms with Crippen LogP contribution in [-0.2, 0) is 22.4 Å². The van der Waals surface area contributed by atoms with E-state index in [-0.39, 0.29) is 30.1 Å². The summed E-state index contributed by atoms with van der Waals surface area (Å²) in [4.78, 5) is 32.3. The SMILES string of the molecule is CC(=O)N(CCc1noc(C)n1)C1CCN(C(=O)Cc2ccc(F)cc2)C1. The van der Waals surface area contributed by atoms with Gasteiger partial charge >= 0.3 is 0 Å². The van der Waals surface area contributed by atoms with Crippen molar-refractivity contribution < 1.29 is 18.5 Å². The maximum Gasteiger partial charge on any atom is 0.227 e. The topological polar surface area (TPSA) is 79.5 Å². The fourth-order valence-corrected chi connectivity index (χ4v) is 3.37. The van der Waals surface area contributed by atoms with Crippen LogP contribution in [-0.4, -0.2) is 57.4 Å². The molecule has 2 heterocycles. The average molecular weight is 374 g/mol. The number of rotatable bonds is 6. The molecule has 1 aliphatic rings. The number of nitrogens with zero attached hydrogens (tertiary/aromatic N) is 4. The van der Waals surface area contributed by atoms with Crippen LogP contribution in [0.15, 0.2) is 28.8 Å². The van der Waals surface area contributed by atoms with E-state index in [2.05, 4.69) is 10.1 Å². The molecule has 8 heteroatoms. The number of hydrogen-bond acceptors (Lipinski definition) is 5. The number of likely N-dealkylation sites (tertiary alicyclic amines) is 1. The molecule has 1 atom stereocenters. The molecule has 0 spiro atoms. The quantitative estimate of drug-likeness (QED) is 0.770. The van der Waals surface area contributed by atoms with Crippen LogP contribution in [0.5, 0.6) is 0 Å². The van der Waals surface area contributed by atoms with Crippen LogP contribution in [0.4, 0.5) is 4.39 Å². The molecule has 2 amide bonds. The molecule has 0 aliphatic carbocycles. The highest BCUT2D eigenvalue weighted by Gasteiger charge is 2.31. The normalized spacial score (nSPS) is 16.6. The van der Waals surface area contributed by atoms with Gasteiger partial charge in [0, 0.05) is 39.9 Å². The van der Waals surface area contributed by atoms with Crippen molar-refractivity contribution in [3.8, 4) is 0 Å². The van der Waals surface area contributed by atoms with Gasteiger partial charge in [-0.3, -0.25) is 9.59 Å². The number of amides is 2. The van der Waals surface area contributed by atoms with Crippen LogP contribution in [0, 0.1) is 12.7 Å². The van der Waals surface area contributed by atoms with Gasteiger partial charge in [-0.15, -0.1) is 0 Å². The summed E-state index contributed by atoms with van der Waals surface area (Å²) >= 11 is 0. The molecule has 0 N–H and O–H groups in total. The monoisotopic (exact) mass is 374 g/mol. The van der Waals surface area contributed by atoms with Gasteiger partial charge < -0.3 is 14.3 Å². The van der Waals surface area contributed by atoms with Gasteiger partial charge in [-0.2, -0.15) is 4.98 Å². The minimum absolute atomic E-state index is 0.0126. The van der Waals surface area contributed by atoms with E-state index in [1.165, 1.54) is 19.1 Å². The Morgan fingerprint density at radius 2 is 2.07 bits per heavy atom. The second-order valence-corrected chi connectivity index (χ2v) is 6.78. The van der Waals surface area contributed by atoms with E-state index in [0.717, 1.165) is 12.0 Å². The summed E-state index contributed by atoms with van der Waals surface area (Å²) in [6.07, 6.45) is 1.48. The lowest BCUT2D eigenvalue weighted by Crippen LogP contribution is -2.43. The Morgan fingerprint density at radius 3 is 2.70 bits per heavy atom. The van der Waals surface area contributed by atoms with E-state index in [4.69, 9.17) is 4.52 Å². The molecule has 1 aromatic carbocycles. The Kier molecular flexibility index (Phi) is 5.83. The van der Waals surface area contributed by atoms with E-state index in [9.17, 15) is 14.0 Å². The molecule has 1 aliphatic heterocycles. The van der Waals surface area contributed by atoms with Crippen molar-refractivity contribution in [2.75, 3.05) is 19.6 Å². The maximum absolute atomic E-state index is 13.0. The molecule has 2 aromatic rings. The molecule has 0 saturated carbocycles. The minimum Gasteiger partial charge on any atom is -0.340 e. The smallest absolute Gasteiger partial charge is 0.227 e. The van der Waals surface area contributed by atoms with Crippen molar-refractivity contribution in [1.82, 2.24) is 19.9 Å². The molecule has 1 unspecified atom stereocenters. The zero-order valence-electron chi connectivity index (χ0n) is 15.5. The van der Waals surface area contributed by atoms with Crippen molar-refractivity contribution in [3.63, 3.8) is 0 Å². The largest absolute Gasteiger partial charge is 0.340 e. The van der Waals surface area contributed by atoms with Crippen molar-refractivity contribution in [2.24, 2.45) is 0 Å². The number of carbonyl (C=O) groups excluding carboxylic acids is 2. The zero-order chi connectivity index (χ0) is 19.4. The highest BCUT2D eigenvalue weighted by Crippen LogP contribution is 2.18. The first-order chi connectivity index (χ1) is 12.9. The molecule has 144 valence electrons. The average Bonchev–Trinajstić information content (AvgIpc) is 3.26. The summed E-state index contributed by atoms with van der Waals surface area (Å²) in [6, 6.07) is 5.93. The highest BCUT2D eigenvalue weighted by atomic mass is 19.1. The number of aromatic nitrogens is 2. The van der Waals surface area contributed by atoms with E-state index >= 15 is 0 Å². The number of carbonyl (C=O) groups is 2. The Labute approximate surface area is 157 Å². The summed E-state index contributed by atoms with van der Waals surface area (Å²) in [5.41, 5.74) is 0.778. The Morgan fingerprint density at radius 1 is 1.33 bits per heavy atom. The first-order valence-electron chi connectivity index (χ1n) is 9.01. The number of hydrogen-bond donors (Lipinski definition) is 0. The van der Waals surface area contributed by atoms with Gasteiger partial charge in [0.1, 0.15) is 5.82 Å². The summed E-state index contributed by atoms with van der Waals surface area (Å²) in [7, 11) is 0. The van der Waals surface area contributed by atoms with Gasteiger partial charge in [0.25, 0.3) is 0 Å². The van der Waals surface area contributed by atoms with Crippen molar-refractivity contribution in [3.05, 3.63) is 47.4 Å². The number of aryl methyl sites for hydroxylation is 1. The lowest BCUT2D eigenvalue weighted by atomic mass is 10.1. The lowest BCUT2D eigenvalue weighted by molar-refractivity contribution is -0.133. The first kappa shape index (κ1) is 19.0. The Bertz CT molecular complexity index is 806. The second kappa shape index (κ2) is 8.28. The van der Waals surface area contributed by atoms with Crippen LogP contribution in [0.25, 0.3) is 0 Å². The number of halogens is 1. The molecule has 1 aromatic heterocycles. The van der Waals surface area contributed by atoms with Gasteiger partial charge in [-0.25, -0.2) is 4.39 Å². The van der Waals surface area contributed by atoms with Gasteiger partial charge in [0.2, 0.25) is 17.7 Å². The minimum atomic E-state index is -0.318. The Hall–Kier alpha value is -2.77. The van der Waals surface area contributed by atoms with Gasteiger partial charge in [-0.1, -0.05) is 17.3 Å². The van der Waals surface area contributed by atoms with Crippen molar-refractivity contribution in [1.29, 1.82) is 0 Å². The van der Waals surface area contributed by atoms with E-state index in [1.807, 2.05) is 0 Å². The van der Waals surface area contributed by atoms with Crippen LogP contribution >= 0.6 is 0 Å². The molecular weight excluding hydrogens is 351 g/mol. The van der Waals surface area contributed by atoms with Gasteiger partial charge in [0.15, 0.2) is 5.82 Å². The summed E-state index contributed by atoms with van der Waals surface area (Å²) < 4.78 is 17.9. The zero-order valence-corrected chi connectivity index (χ0v) is 15.5. The standard InChI is InChI=1S/C19H23FN4O3/c1-13-21-18(22-27-13)8-10-24(14(2)25)17-7-9-23(12-17)19(26)11-15-3-5-16(20)6-4-15/h3-6,17H,7-12H2,1-2H3. The number of benzene rings is 1. The van der Waals surface area contributed by atoms with E-state index in [0.29, 0.717) is 37.8 Å². The molecule has 1 fully saturated rings. The van der Waals surface area contributed by atoms with Crippen LogP contribution in [0.2, 0.25) is 0 Å². The van der Waals surface area contributed by atoms with Gasteiger partial charge in [-0.05, 0) is 24.1 Å². The third-order valence-electron chi connectivity index (χ3n) is 4.78. The molecule has 3 rings (SSSR count). The lowest BCUT2D eigenvalue weighted by Gasteiger charge is -2.27. The fourth-order valence-electron chi connectivity index (χ4n) is 3.37. The van der Waals surface area contributed by atoms with Crippen LogP contribution in [0.3, 0.4) is 0 Å². The summed E-state index contributed by atoms with van der Waals surface area (Å²) in [5.74, 6) is 0.703. The van der Waals surface area contributed by atoms with Crippen LogP contribution < -0.4 is 0 Å². The predicted molar refractivity (Wildman–Crippen MR) is 95.2 cm³/mol. The molecule has 1 saturated heterocycles. The Balaban J connectivity index is 1.56. The molecular formula is C19H23FN4O3. The fraction of sp³-hybridized carbons (Fsp3) is 0.474. The molecule has 0 radical (unpaired) electrons. The highest BCUT2D eigenvalue weighted by molar-refractivity contribution is 5.79. The first-order valence-corrected chi connectivity index (χ1v) is 9.01. The predicted octanol–water partition coefficient (Wildman–Crippen LogP) is 1.75. The van der Waals surface area contributed by atoms with Crippen molar-refractivity contribution >= 4 is 11.8 Å². The molecule has 7 nitrogen and oxygen atoms in total. The van der Waals surface area contributed by atoms with E-state index < -0.39 is 0 Å². The molecule has 27 heavy (non-hydrogen) atoms. The maximum atomic E-state index is 13.0. The third-order valence-corrected chi connectivity index (χ3v) is 4.78. The molecule has 0 bridgehead atoms. The summed E-state index contributed by atoms with van der Waals surface area (Å²) in [5, 5.41) is 3.85. The summed E-state index contributed by atoms with van der Waals surface area (Å²) in [6.45, 7) is 4.85. The van der Waals surface area contributed by atoms with E-state index in [1.54, 1.807) is 28.9 Å². The third kappa shape index (κ3) is 4.90. The van der Waals surface area contributed by atoms with Crippen LogP contribution in [0.1, 0.15) is 30.6 Å². The van der Waals surface area contributed by atoms with Gasteiger partial charge in [0.05, 0.1) is 12.5 Å².